The van der Waals surface area contributed by atoms with E-state index in [0.717, 1.165) is 31.5 Å². The van der Waals surface area contributed by atoms with Gasteiger partial charge in [-0.3, -0.25) is 9.78 Å². The number of pyridine rings is 1. The standard InChI is InChI=1S/C18H21N3O4/c22-17(16-11-23-13-20-16)21-7-3-5-18(12-21)8-15(10-25-18)24-9-14-4-1-2-6-19-14/h1-2,4,6,11,13,15H,3,5,7-10,12H2/t15-,18-/m0/s1. The Kier molecular flexibility index (Phi) is 4.50. The summed E-state index contributed by atoms with van der Waals surface area (Å²) in [6.45, 7) is 2.32. The molecule has 132 valence electrons. The number of oxazole rings is 1. The summed E-state index contributed by atoms with van der Waals surface area (Å²) >= 11 is 0. The van der Waals surface area contributed by atoms with Gasteiger partial charge in [-0.15, -0.1) is 0 Å². The van der Waals surface area contributed by atoms with Gasteiger partial charge in [0, 0.05) is 19.2 Å². The number of likely N-dealkylation sites (tertiary alicyclic amines) is 1. The third-order valence-corrected chi connectivity index (χ3v) is 4.85. The van der Waals surface area contributed by atoms with Gasteiger partial charge in [-0.1, -0.05) is 6.07 Å². The highest BCUT2D eigenvalue weighted by molar-refractivity contribution is 5.92. The molecule has 4 rings (SSSR count). The molecule has 7 heteroatoms. The van der Waals surface area contributed by atoms with Gasteiger partial charge >= 0.3 is 0 Å². The zero-order valence-corrected chi connectivity index (χ0v) is 14.0. The molecule has 2 fully saturated rings. The Bertz CT molecular complexity index is 706. The van der Waals surface area contributed by atoms with Crippen molar-refractivity contribution in [3.8, 4) is 0 Å². The molecule has 2 aromatic heterocycles. The fraction of sp³-hybridized carbons (Fsp3) is 0.500. The van der Waals surface area contributed by atoms with Crippen LogP contribution in [0.2, 0.25) is 0 Å². The summed E-state index contributed by atoms with van der Waals surface area (Å²) in [5, 5.41) is 0. The van der Waals surface area contributed by atoms with E-state index in [2.05, 4.69) is 9.97 Å². The number of hydrogen-bond donors (Lipinski definition) is 0. The van der Waals surface area contributed by atoms with Crippen LogP contribution in [-0.4, -0.2) is 52.2 Å². The lowest BCUT2D eigenvalue weighted by Gasteiger charge is -2.39. The Morgan fingerprint density at radius 2 is 2.36 bits per heavy atom. The minimum Gasteiger partial charge on any atom is -0.451 e. The van der Waals surface area contributed by atoms with E-state index in [4.69, 9.17) is 13.9 Å². The first kappa shape index (κ1) is 16.2. The maximum absolute atomic E-state index is 12.5. The molecule has 1 spiro atoms. The first-order chi connectivity index (χ1) is 12.2. The third kappa shape index (κ3) is 3.57. The van der Waals surface area contributed by atoms with Crippen LogP contribution in [0.15, 0.2) is 41.5 Å². The van der Waals surface area contributed by atoms with Gasteiger partial charge in [0.15, 0.2) is 12.1 Å². The second kappa shape index (κ2) is 6.93. The molecule has 25 heavy (non-hydrogen) atoms. The van der Waals surface area contributed by atoms with Crippen molar-refractivity contribution in [1.29, 1.82) is 0 Å². The van der Waals surface area contributed by atoms with Crippen molar-refractivity contribution in [3.05, 3.63) is 48.4 Å². The van der Waals surface area contributed by atoms with Crippen molar-refractivity contribution in [2.24, 2.45) is 0 Å². The topological polar surface area (TPSA) is 77.7 Å². The van der Waals surface area contributed by atoms with E-state index < -0.39 is 0 Å². The first-order valence-electron chi connectivity index (χ1n) is 8.57. The molecule has 4 heterocycles. The molecular weight excluding hydrogens is 322 g/mol. The van der Waals surface area contributed by atoms with Gasteiger partial charge in [-0.25, -0.2) is 4.98 Å². The van der Waals surface area contributed by atoms with Crippen molar-refractivity contribution < 1.29 is 18.7 Å². The molecular formula is C18H21N3O4. The molecule has 2 aliphatic heterocycles. The molecule has 0 unspecified atom stereocenters. The maximum atomic E-state index is 12.5. The summed E-state index contributed by atoms with van der Waals surface area (Å²) in [6, 6.07) is 5.79. The van der Waals surface area contributed by atoms with E-state index >= 15 is 0 Å². The van der Waals surface area contributed by atoms with Crippen LogP contribution in [0.5, 0.6) is 0 Å². The second-order valence-corrected chi connectivity index (χ2v) is 6.66. The molecule has 0 saturated carbocycles. The molecule has 0 bridgehead atoms. The first-order valence-corrected chi connectivity index (χ1v) is 8.57. The molecule has 2 aromatic rings. The predicted octanol–water partition coefficient (Wildman–Crippen LogP) is 2.05. The quantitative estimate of drug-likeness (QED) is 0.845. The minimum absolute atomic E-state index is 0.0316. The minimum atomic E-state index is -0.313. The molecule has 0 radical (unpaired) electrons. The van der Waals surface area contributed by atoms with Crippen molar-refractivity contribution in [1.82, 2.24) is 14.9 Å². The molecule has 0 aromatic carbocycles. The lowest BCUT2D eigenvalue weighted by Crippen LogP contribution is -2.50. The summed E-state index contributed by atoms with van der Waals surface area (Å²) in [6.07, 6.45) is 7.11. The zero-order valence-electron chi connectivity index (χ0n) is 14.0. The van der Waals surface area contributed by atoms with Gasteiger partial charge < -0.3 is 18.8 Å². The zero-order chi connectivity index (χ0) is 17.1. The molecule has 1 amide bonds. The highest BCUT2D eigenvalue weighted by Crippen LogP contribution is 2.36. The van der Waals surface area contributed by atoms with E-state index in [-0.39, 0.29) is 17.6 Å². The van der Waals surface area contributed by atoms with E-state index in [0.29, 0.717) is 25.5 Å². The molecule has 2 saturated heterocycles. The van der Waals surface area contributed by atoms with Crippen molar-refractivity contribution >= 4 is 5.91 Å². The number of carbonyl (C=O) groups excluding carboxylic acids is 1. The highest BCUT2D eigenvalue weighted by Gasteiger charge is 2.45. The van der Waals surface area contributed by atoms with E-state index in [1.165, 1.54) is 12.7 Å². The normalized spacial score (nSPS) is 26.2. The van der Waals surface area contributed by atoms with Crippen LogP contribution in [-0.2, 0) is 16.1 Å². The molecule has 0 aliphatic carbocycles. The fourth-order valence-electron chi connectivity index (χ4n) is 3.63. The SMILES string of the molecule is O=C(c1cocn1)N1CCC[C@]2(C[C@H](OCc3ccccn3)CO2)C1. The monoisotopic (exact) mass is 343 g/mol. The van der Waals surface area contributed by atoms with Crippen LogP contribution in [0.1, 0.15) is 35.4 Å². The summed E-state index contributed by atoms with van der Waals surface area (Å²) < 4.78 is 17.0. The van der Waals surface area contributed by atoms with E-state index in [9.17, 15) is 4.79 Å². The maximum Gasteiger partial charge on any atom is 0.275 e. The van der Waals surface area contributed by atoms with Crippen molar-refractivity contribution in [2.75, 3.05) is 19.7 Å². The summed E-state index contributed by atoms with van der Waals surface area (Å²) in [7, 11) is 0. The van der Waals surface area contributed by atoms with E-state index in [1.54, 1.807) is 6.20 Å². The van der Waals surface area contributed by atoms with Crippen molar-refractivity contribution in [3.63, 3.8) is 0 Å². The highest BCUT2D eigenvalue weighted by atomic mass is 16.6. The number of rotatable bonds is 4. The van der Waals surface area contributed by atoms with Gasteiger partial charge in [-0.2, -0.15) is 0 Å². The number of carbonyl (C=O) groups is 1. The van der Waals surface area contributed by atoms with Crippen LogP contribution in [0.3, 0.4) is 0 Å². The van der Waals surface area contributed by atoms with E-state index in [1.807, 2.05) is 23.1 Å². The van der Waals surface area contributed by atoms with Crippen LogP contribution in [0.4, 0.5) is 0 Å². The number of aromatic nitrogens is 2. The fourth-order valence-corrected chi connectivity index (χ4v) is 3.63. The Morgan fingerprint density at radius 3 is 3.16 bits per heavy atom. The molecule has 2 aliphatic rings. The van der Waals surface area contributed by atoms with Gasteiger partial charge in [-0.05, 0) is 25.0 Å². The van der Waals surface area contributed by atoms with Gasteiger partial charge in [0.2, 0.25) is 0 Å². The molecule has 2 atom stereocenters. The van der Waals surface area contributed by atoms with Crippen LogP contribution >= 0.6 is 0 Å². The van der Waals surface area contributed by atoms with Crippen LogP contribution < -0.4 is 0 Å². The van der Waals surface area contributed by atoms with Gasteiger partial charge in [0.1, 0.15) is 6.26 Å². The van der Waals surface area contributed by atoms with Gasteiger partial charge in [0.25, 0.3) is 5.91 Å². The van der Waals surface area contributed by atoms with Crippen LogP contribution in [0, 0.1) is 0 Å². The lowest BCUT2D eigenvalue weighted by atomic mass is 9.89. The number of hydrogen-bond acceptors (Lipinski definition) is 6. The largest absolute Gasteiger partial charge is 0.451 e. The average molecular weight is 343 g/mol. The number of ether oxygens (including phenoxy) is 2. The number of amides is 1. The second-order valence-electron chi connectivity index (χ2n) is 6.66. The number of piperidine rings is 1. The van der Waals surface area contributed by atoms with Crippen molar-refractivity contribution in [2.45, 2.75) is 37.6 Å². The lowest BCUT2D eigenvalue weighted by molar-refractivity contribution is -0.0467. The summed E-state index contributed by atoms with van der Waals surface area (Å²) in [5.74, 6) is -0.103. The van der Waals surface area contributed by atoms with Crippen LogP contribution in [0.25, 0.3) is 0 Å². The third-order valence-electron chi connectivity index (χ3n) is 4.85. The Labute approximate surface area is 146 Å². The van der Waals surface area contributed by atoms with Gasteiger partial charge in [0.05, 0.1) is 37.2 Å². The number of nitrogens with zero attached hydrogens (tertiary/aromatic N) is 3. The Balaban J connectivity index is 1.35. The predicted molar refractivity (Wildman–Crippen MR) is 87.8 cm³/mol. The Morgan fingerprint density at radius 1 is 1.40 bits per heavy atom. The summed E-state index contributed by atoms with van der Waals surface area (Å²) in [5.41, 5.74) is 0.944. The molecule has 0 N–H and O–H groups in total. The average Bonchev–Trinajstić information content (AvgIpc) is 3.31. The molecule has 7 nitrogen and oxygen atoms in total. The Hall–Kier alpha value is -2.25. The summed E-state index contributed by atoms with van der Waals surface area (Å²) in [4.78, 5) is 22.5. The smallest absolute Gasteiger partial charge is 0.275 e.